The third-order valence-electron chi connectivity index (χ3n) is 5.06. The fourth-order valence-electron chi connectivity index (χ4n) is 3.59. The molecule has 2 heterocycles. The molecule has 0 bridgehead atoms. The molecule has 2 aliphatic rings. The summed E-state index contributed by atoms with van der Waals surface area (Å²) in [5.41, 5.74) is 1.31. The van der Waals surface area contributed by atoms with Crippen LogP contribution >= 0.6 is 24.8 Å². The van der Waals surface area contributed by atoms with Crippen molar-refractivity contribution in [2.45, 2.75) is 38.4 Å². The molecular weight excluding hydrogens is 373 g/mol. The molecule has 1 unspecified atom stereocenters. The molecule has 1 N–H and O–H groups in total. The zero-order valence-electron chi connectivity index (χ0n) is 15.6. The first-order chi connectivity index (χ1) is 11.5. The molecule has 26 heavy (non-hydrogen) atoms. The van der Waals surface area contributed by atoms with Gasteiger partial charge < -0.3 is 15.0 Å². The number of hydrogen-bond acceptors (Lipinski definition) is 4. The van der Waals surface area contributed by atoms with Crippen LogP contribution in [0.25, 0.3) is 0 Å². The molecule has 2 fully saturated rings. The summed E-state index contributed by atoms with van der Waals surface area (Å²) in [5, 5.41) is 3.37. The summed E-state index contributed by atoms with van der Waals surface area (Å²) < 4.78 is 5.45. The lowest BCUT2D eigenvalue weighted by atomic mass is 9.97. The standard InChI is InChI=1S/C19H29N3O2.2ClH/c1-19(2)15-21(18(23)12-17-14-24-11-8-20-17)9-10-22(19)13-16-6-4-3-5-7-16;;/h3-7,17,20H,8-15H2,1-2H3;2*1H. The van der Waals surface area contributed by atoms with Crippen molar-refractivity contribution < 1.29 is 9.53 Å². The summed E-state index contributed by atoms with van der Waals surface area (Å²) in [6.07, 6.45) is 0.536. The maximum atomic E-state index is 12.6. The van der Waals surface area contributed by atoms with Gasteiger partial charge in [0.25, 0.3) is 0 Å². The largest absolute Gasteiger partial charge is 0.378 e. The van der Waals surface area contributed by atoms with Gasteiger partial charge in [-0.15, -0.1) is 24.8 Å². The molecule has 5 nitrogen and oxygen atoms in total. The highest BCUT2D eigenvalue weighted by Crippen LogP contribution is 2.24. The van der Waals surface area contributed by atoms with Gasteiger partial charge in [-0.25, -0.2) is 0 Å². The van der Waals surface area contributed by atoms with Crippen LogP contribution in [0.5, 0.6) is 0 Å². The van der Waals surface area contributed by atoms with Gasteiger partial charge in [-0.3, -0.25) is 9.69 Å². The van der Waals surface area contributed by atoms with Crippen molar-refractivity contribution in [3.05, 3.63) is 35.9 Å². The zero-order chi connectivity index (χ0) is 17.0. The minimum atomic E-state index is -0.0136. The van der Waals surface area contributed by atoms with E-state index >= 15 is 0 Å². The molecule has 0 aliphatic carbocycles. The summed E-state index contributed by atoms with van der Waals surface area (Å²) in [6.45, 7) is 10.1. The molecule has 1 atom stereocenters. The van der Waals surface area contributed by atoms with Crippen molar-refractivity contribution in [1.29, 1.82) is 0 Å². The van der Waals surface area contributed by atoms with Gasteiger partial charge in [0.2, 0.25) is 5.91 Å². The fourth-order valence-corrected chi connectivity index (χ4v) is 3.59. The van der Waals surface area contributed by atoms with Crippen molar-refractivity contribution in [3.63, 3.8) is 0 Å². The zero-order valence-corrected chi connectivity index (χ0v) is 17.3. The van der Waals surface area contributed by atoms with E-state index in [-0.39, 0.29) is 42.3 Å². The predicted octanol–water partition coefficient (Wildman–Crippen LogP) is 2.33. The lowest BCUT2D eigenvalue weighted by Crippen LogP contribution is -2.60. The van der Waals surface area contributed by atoms with E-state index in [4.69, 9.17) is 4.74 Å². The smallest absolute Gasteiger partial charge is 0.224 e. The number of rotatable bonds is 4. The Morgan fingerprint density at radius 1 is 1.23 bits per heavy atom. The molecule has 2 saturated heterocycles. The minimum Gasteiger partial charge on any atom is -0.378 e. The summed E-state index contributed by atoms with van der Waals surface area (Å²) >= 11 is 0. The Balaban J connectivity index is 0.00000169. The highest BCUT2D eigenvalue weighted by atomic mass is 35.5. The van der Waals surface area contributed by atoms with E-state index in [1.54, 1.807) is 0 Å². The van der Waals surface area contributed by atoms with Gasteiger partial charge in [-0.05, 0) is 19.4 Å². The first kappa shape index (κ1) is 23.2. The van der Waals surface area contributed by atoms with Gasteiger partial charge in [0.1, 0.15) is 0 Å². The Bertz CT molecular complexity index is 551. The lowest BCUT2D eigenvalue weighted by Gasteiger charge is -2.47. The second kappa shape index (κ2) is 10.5. The molecule has 0 radical (unpaired) electrons. The van der Waals surface area contributed by atoms with Crippen LogP contribution in [0.4, 0.5) is 0 Å². The first-order valence-corrected chi connectivity index (χ1v) is 8.92. The van der Waals surface area contributed by atoms with E-state index in [1.807, 2.05) is 11.0 Å². The fraction of sp³-hybridized carbons (Fsp3) is 0.632. The molecule has 7 heteroatoms. The monoisotopic (exact) mass is 403 g/mol. The number of amides is 1. The van der Waals surface area contributed by atoms with Crippen molar-refractivity contribution in [2.75, 3.05) is 39.4 Å². The number of hydrogen-bond donors (Lipinski definition) is 1. The average molecular weight is 404 g/mol. The summed E-state index contributed by atoms with van der Waals surface area (Å²) in [4.78, 5) is 17.1. The quantitative estimate of drug-likeness (QED) is 0.837. The molecule has 0 saturated carbocycles. The molecule has 2 aliphatic heterocycles. The highest BCUT2D eigenvalue weighted by molar-refractivity contribution is 5.85. The maximum Gasteiger partial charge on any atom is 0.224 e. The minimum absolute atomic E-state index is 0. The van der Waals surface area contributed by atoms with Gasteiger partial charge in [0.05, 0.1) is 13.2 Å². The SMILES string of the molecule is CC1(C)CN(C(=O)CC2COCCN2)CCN1Cc1ccccc1.Cl.Cl. The third-order valence-corrected chi connectivity index (χ3v) is 5.06. The number of carbonyl (C=O) groups is 1. The van der Waals surface area contributed by atoms with Crippen molar-refractivity contribution in [3.8, 4) is 0 Å². The van der Waals surface area contributed by atoms with Crippen molar-refractivity contribution >= 4 is 30.7 Å². The van der Waals surface area contributed by atoms with Crippen LogP contribution in [0, 0.1) is 0 Å². The van der Waals surface area contributed by atoms with Crippen molar-refractivity contribution in [2.24, 2.45) is 0 Å². The van der Waals surface area contributed by atoms with Crippen LogP contribution in [-0.2, 0) is 16.1 Å². The number of nitrogens with zero attached hydrogens (tertiary/aromatic N) is 2. The van der Waals surface area contributed by atoms with Gasteiger partial charge >= 0.3 is 0 Å². The second-order valence-corrected chi connectivity index (χ2v) is 7.46. The van der Waals surface area contributed by atoms with E-state index < -0.39 is 0 Å². The van der Waals surface area contributed by atoms with Crippen LogP contribution < -0.4 is 5.32 Å². The van der Waals surface area contributed by atoms with Crippen LogP contribution in [0.15, 0.2) is 30.3 Å². The number of benzene rings is 1. The highest BCUT2D eigenvalue weighted by Gasteiger charge is 2.35. The number of nitrogens with one attached hydrogen (secondary N) is 1. The maximum absolute atomic E-state index is 12.6. The van der Waals surface area contributed by atoms with E-state index in [2.05, 4.69) is 48.3 Å². The molecule has 148 valence electrons. The van der Waals surface area contributed by atoms with Gasteiger partial charge in [0.15, 0.2) is 0 Å². The normalized spacial score (nSPS) is 22.8. The number of halogens is 2. The van der Waals surface area contributed by atoms with E-state index in [1.165, 1.54) is 5.56 Å². The first-order valence-electron chi connectivity index (χ1n) is 8.92. The molecule has 1 amide bonds. The lowest BCUT2D eigenvalue weighted by molar-refractivity contribution is -0.137. The number of piperazine rings is 1. The molecule has 0 aromatic heterocycles. The van der Waals surface area contributed by atoms with Gasteiger partial charge in [-0.2, -0.15) is 0 Å². The summed E-state index contributed by atoms with van der Waals surface area (Å²) in [5.74, 6) is 0.241. The van der Waals surface area contributed by atoms with Crippen LogP contribution in [0.3, 0.4) is 0 Å². The average Bonchev–Trinajstić information content (AvgIpc) is 2.58. The molecule has 1 aromatic rings. The molecular formula is C19H31Cl2N3O2. The van der Waals surface area contributed by atoms with Crippen LogP contribution in [0.1, 0.15) is 25.8 Å². The molecule has 1 aromatic carbocycles. The Morgan fingerprint density at radius 2 is 1.96 bits per heavy atom. The molecule has 0 spiro atoms. The Hall–Kier alpha value is -0.850. The number of carbonyl (C=O) groups excluding carboxylic acids is 1. The van der Waals surface area contributed by atoms with E-state index in [0.29, 0.717) is 13.0 Å². The van der Waals surface area contributed by atoms with Crippen LogP contribution in [0.2, 0.25) is 0 Å². The van der Waals surface area contributed by atoms with Crippen molar-refractivity contribution in [1.82, 2.24) is 15.1 Å². The topological polar surface area (TPSA) is 44.8 Å². The van der Waals surface area contributed by atoms with Gasteiger partial charge in [0, 0.05) is 50.7 Å². The number of ether oxygens (including phenoxy) is 1. The molecule has 3 rings (SSSR count). The second-order valence-electron chi connectivity index (χ2n) is 7.46. The summed E-state index contributed by atoms with van der Waals surface area (Å²) in [6, 6.07) is 10.7. The Labute approximate surface area is 169 Å². The number of morpholine rings is 1. The van der Waals surface area contributed by atoms with Crippen LogP contribution in [-0.4, -0.2) is 66.7 Å². The predicted molar refractivity (Wildman–Crippen MR) is 109 cm³/mol. The van der Waals surface area contributed by atoms with Gasteiger partial charge in [-0.1, -0.05) is 30.3 Å². The van der Waals surface area contributed by atoms with E-state index in [9.17, 15) is 4.79 Å². The Morgan fingerprint density at radius 3 is 2.58 bits per heavy atom. The van der Waals surface area contributed by atoms with E-state index in [0.717, 1.165) is 39.3 Å². The summed E-state index contributed by atoms with van der Waals surface area (Å²) in [7, 11) is 0. The Kier molecular flexibility index (Phi) is 9.34. The third kappa shape index (κ3) is 6.10.